The lowest BCUT2D eigenvalue weighted by atomic mass is 10.2. The van der Waals surface area contributed by atoms with E-state index in [2.05, 4.69) is 15.5 Å². The van der Waals surface area contributed by atoms with Crippen LogP contribution in [0.5, 0.6) is 11.5 Å². The van der Waals surface area contributed by atoms with Gasteiger partial charge in [-0.15, -0.1) is 10.2 Å². The first-order chi connectivity index (χ1) is 15.6. The van der Waals surface area contributed by atoms with Crippen molar-refractivity contribution in [1.82, 2.24) is 10.2 Å². The van der Waals surface area contributed by atoms with Crippen LogP contribution in [0.15, 0.2) is 88.5 Å². The topological polar surface area (TPSA) is 120 Å². The van der Waals surface area contributed by atoms with Crippen LogP contribution >= 0.6 is 11.8 Å². The summed E-state index contributed by atoms with van der Waals surface area (Å²) >= 11 is 1.09. The van der Waals surface area contributed by atoms with Crippen molar-refractivity contribution in [3.63, 3.8) is 0 Å². The number of non-ortho nitro benzene ring substituents is 1. The number of anilines is 1. The van der Waals surface area contributed by atoms with Gasteiger partial charge in [-0.1, -0.05) is 30.0 Å². The van der Waals surface area contributed by atoms with Crippen molar-refractivity contribution in [1.29, 1.82) is 0 Å². The first kappa shape index (κ1) is 21.1. The molecular weight excluding hydrogens is 432 g/mol. The quantitative estimate of drug-likeness (QED) is 0.223. The standard InChI is InChI=1S/C22H16N4O5S/c27-20(23-16-8-12-19(13-9-16)30-18-4-2-1-3-5-18)14-32-22-25-24-21(31-22)15-6-10-17(11-7-15)26(28)29/h1-13H,14H2,(H,23,27). The fourth-order valence-electron chi connectivity index (χ4n) is 2.67. The Bertz CT molecular complexity index is 1210. The molecule has 1 heterocycles. The Hall–Kier alpha value is -4.18. The molecule has 0 aliphatic heterocycles. The van der Waals surface area contributed by atoms with Crippen LogP contribution in [0.4, 0.5) is 11.4 Å². The molecule has 0 fully saturated rings. The number of amides is 1. The second-order valence-corrected chi connectivity index (χ2v) is 7.38. The summed E-state index contributed by atoms with van der Waals surface area (Å²) in [5, 5.41) is 21.6. The normalized spacial score (nSPS) is 10.5. The summed E-state index contributed by atoms with van der Waals surface area (Å²) in [4.78, 5) is 22.5. The minimum Gasteiger partial charge on any atom is -0.457 e. The summed E-state index contributed by atoms with van der Waals surface area (Å²) in [6, 6.07) is 22.2. The van der Waals surface area contributed by atoms with E-state index in [4.69, 9.17) is 9.15 Å². The van der Waals surface area contributed by atoms with Gasteiger partial charge in [0.1, 0.15) is 11.5 Å². The molecule has 3 aromatic carbocycles. The third kappa shape index (κ3) is 5.49. The van der Waals surface area contributed by atoms with Crippen molar-refractivity contribution in [2.75, 3.05) is 11.1 Å². The van der Waals surface area contributed by atoms with E-state index >= 15 is 0 Å². The Morgan fingerprint density at radius 1 is 0.969 bits per heavy atom. The molecule has 4 rings (SSSR count). The van der Waals surface area contributed by atoms with Crippen molar-refractivity contribution >= 4 is 29.0 Å². The number of thioether (sulfide) groups is 1. The summed E-state index contributed by atoms with van der Waals surface area (Å²) in [5.41, 5.74) is 1.16. The van der Waals surface area contributed by atoms with E-state index in [1.807, 2.05) is 30.3 Å². The van der Waals surface area contributed by atoms with Crippen LogP contribution in [0.1, 0.15) is 0 Å². The third-order valence-electron chi connectivity index (χ3n) is 4.18. The number of carbonyl (C=O) groups is 1. The van der Waals surface area contributed by atoms with Crippen LogP contribution in [0.3, 0.4) is 0 Å². The molecule has 0 aliphatic carbocycles. The number of para-hydroxylation sites is 1. The van der Waals surface area contributed by atoms with Gasteiger partial charge in [0.15, 0.2) is 0 Å². The second-order valence-electron chi connectivity index (χ2n) is 6.45. The molecule has 0 unspecified atom stereocenters. The summed E-state index contributed by atoms with van der Waals surface area (Å²) < 4.78 is 11.2. The van der Waals surface area contributed by atoms with Crippen molar-refractivity contribution < 1.29 is 18.9 Å². The van der Waals surface area contributed by atoms with Gasteiger partial charge in [0.05, 0.1) is 10.7 Å². The van der Waals surface area contributed by atoms with E-state index < -0.39 is 4.92 Å². The fourth-order valence-corrected chi connectivity index (χ4v) is 3.23. The first-order valence-electron chi connectivity index (χ1n) is 9.41. The number of nitro benzene ring substituents is 1. The molecule has 9 nitrogen and oxygen atoms in total. The lowest BCUT2D eigenvalue weighted by Crippen LogP contribution is -2.13. The maximum absolute atomic E-state index is 12.2. The predicted octanol–water partition coefficient (Wildman–Crippen LogP) is 5.17. The number of nitrogens with zero attached hydrogens (tertiary/aromatic N) is 3. The summed E-state index contributed by atoms with van der Waals surface area (Å²) in [5.74, 6) is 1.45. The molecule has 0 spiro atoms. The number of nitro groups is 1. The highest BCUT2D eigenvalue weighted by atomic mass is 32.2. The monoisotopic (exact) mass is 448 g/mol. The number of ether oxygens (including phenoxy) is 1. The smallest absolute Gasteiger partial charge is 0.277 e. The molecule has 0 aliphatic rings. The molecule has 4 aromatic rings. The van der Waals surface area contributed by atoms with Crippen LogP contribution < -0.4 is 10.1 Å². The zero-order valence-electron chi connectivity index (χ0n) is 16.5. The average Bonchev–Trinajstić information content (AvgIpc) is 3.29. The van der Waals surface area contributed by atoms with Gasteiger partial charge in [-0.3, -0.25) is 14.9 Å². The molecule has 1 amide bonds. The number of rotatable bonds is 8. The van der Waals surface area contributed by atoms with Gasteiger partial charge in [-0.2, -0.15) is 0 Å². The van der Waals surface area contributed by atoms with Gasteiger partial charge in [-0.25, -0.2) is 0 Å². The average molecular weight is 448 g/mol. The second kappa shape index (κ2) is 9.75. The number of nitrogens with one attached hydrogen (secondary N) is 1. The van der Waals surface area contributed by atoms with Crippen LogP contribution in [0, 0.1) is 10.1 Å². The number of benzene rings is 3. The Morgan fingerprint density at radius 2 is 1.66 bits per heavy atom. The molecule has 160 valence electrons. The van der Waals surface area contributed by atoms with Crippen LogP contribution in [-0.2, 0) is 4.79 Å². The Labute approximate surface area is 186 Å². The van der Waals surface area contributed by atoms with Gasteiger partial charge in [0, 0.05) is 23.4 Å². The molecule has 10 heteroatoms. The lowest BCUT2D eigenvalue weighted by Gasteiger charge is -2.07. The van der Waals surface area contributed by atoms with E-state index in [9.17, 15) is 14.9 Å². The van der Waals surface area contributed by atoms with Gasteiger partial charge < -0.3 is 14.5 Å². The van der Waals surface area contributed by atoms with Gasteiger partial charge in [0.2, 0.25) is 11.8 Å². The maximum atomic E-state index is 12.2. The van der Waals surface area contributed by atoms with E-state index in [-0.39, 0.29) is 28.5 Å². The zero-order chi connectivity index (χ0) is 22.3. The number of carbonyl (C=O) groups excluding carboxylic acids is 1. The van der Waals surface area contributed by atoms with Crippen LogP contribution in [-0.4, -0.2) is 26.8 Å². The SMILES string of the molecule is O=C(CSc1nnc(-c2ccc([N+](=O)[O-])cc2)o1)Nc1ccc(Oc2ccccc2)cc1. The zero-order valence-corrected chi connectivity index (χ0v) is 17.3. The molecular formula is C22H16N4O5S. The highest BCUT2D eigenvalue weighted by molar-refractivity contribution is 7.99. The Kier molecular flexibility index (Phi) is 6.42. The number of aromatic nitrogens is 2. The summed E-state index contributed by atoms with van der Waals surface area (Å²) in [6.07, 6.45) is 0. The Balaban J connectivity index is 1.28. The third-order valence-corrected chi connectivity index (χ3v) is 4.99. The van der Waals surface area contributed by atoms with E-state index in [0.717, 1.165) is 17.5 Å². The highest BCUT2D eigenvalue weighted by Gasteiger charge is 2.13. The largest absolute Gasteiger partial charge is 0.457 e. The minimum absolute atomic E-state index is 0.0285. The van der Waals surface area contributed by atoms with Crippen molar-refractivity contribution in [3.8, 4) is 23.0 Å². The van der Waals surface area contributed by atoms with Gasteiger partial charge in [0.25, 0.3) is 10.9 Å². The molecule has 32 heavy (non-hydrogen) atoms. The highest BCUT2D eigenvalue weighted by Crippen LogP contribution is 2.26. The van der Waals surface area contributed by atoms with Crippen LogP contribution in [0.2, 0.25) is 0 Å². The van der Waals surface area contributed by atoms with E-state index in [1.165, 1.54) is 24.3 Å². The van der Waals surface area contributed by atoms with E-state index in [1.54, 1.807) is 24.3 Å². The first-order valence-corrected chi connectivity index (χ1v) is 10.4. The van der Waals surface area contributed by atoms with Crippen molar-refractivity contribution in [2.45, 2.75) is 5.22 Å². The molecule has 1 aromatic heterocycles. The van der Waals surface area contributed by atoms with Crippen molar-refractivity contribution in [2.24, 2.45) is 0 Å². The summed E-state index contributed by atoms with van der Waals surface area (Å²) in [6.45, 7) is 0. The molecule has 0 radical (unpaired) electrons. The molecule has 1 N–H and O–H groups in total. The predicted molar refractivity (Wildman–Crippen MR) is 119 cm³/mol. The van der Waals surface area contributed by atoms with E-state index in [0.29, 0.717) is 17.0 Å². The lowest BCUT2D eigenvalue weighted by molar-refractivity contribution is -0.384. The molecule has 0 saturated carbocycles. The number of hydrogen-bond donors (Lipinski definition) is 1. The van der Waals surface area contributed by atoms with Crippen LogP contribution in [0.25, 0.3) is 11.5 Å². The molecule has 0 bridgehead atoms. The van der Waals surface area contributed by atoms with Crippen molar-refractivity contribution in [3.05, 3.63) is 89.0 Å². The van der Waals surface area contributed by atoms with Gasteiger partial charge >= 0.3 is 0 Å². The molecule has 0 saturated heterocycles. The Morgan fingerprint density at radius 3 is 2.34 bits per heavy atom. The summed E-state index contributed by atoms with van der Waals surface area (Å²) in [7, 11) is 0. The van der Waals surface area contributed by atoms with Gasteiger partial charge in [-0.05, 0) is 48.5 Å². The number of hydrogen-bond acceptors (Lipinski definition) is 8. The molecule has 0 atom stereocenters. The minimum atomic E-state index is -0.485. The maximum Gasteiger partial charge on any atom is 0.277 e. The fraction of sp³-hybridized carbons (Fsp3) is 0.0455.